The molecule has 0 rings (SSSR count). The molecular weight excluding hydrogens is 128 g/mol. The molecule has 10 heavy (non-hydrogen) atoms. The van der Waals surface area contributed by atoms with Crippen molar-refractivity contribution in [1.82, 2.24) is 10.9 Å². The highest BCUT2D eigenvalue weighted by Crippen LogP contribution is 1.83. The summed E-state index contributed by atoms with van der Waals surface area (Å²) in [5.74, 6) is 0.0659. The lowest BCUT2D eigenvalue weighted by Crippen LogP contribution is -2.41. The lowest BCUT2D eigenvalue weighted by Gasteiger charge is -2.08. The molecule has 0 aliphatic carbocycles. The van der Waals surface area contributed by atoms with Gasteiger partial charge in [-0.25, -0.2) is 5.43 Å². The molecule has 0 aromatic heterocycles. The highest BCUT2D eigenvalue weighted by molar-refractivity contribution is 5.75. The Balaban J connectivity index is 3.22. The monoisotopic (exact) mass is 144 g/mol. The third-order valence-corrected chi connectivity index (χ3v) is 0.977. The smallest absolute Gasteiger partial charge is 0.234 e. The summed E-state index contributed by atoms with van der Waals surface area (Å²) in [5.41, 5.74) is 5.42. The van der Waals surface area contributed by atoms with Gasteiger partial charge in [0, 0.05) is 12.5 Å². The first-order chi connectivity index (χ1) is 4.66. The maximum absolute atomic E-state index is 10.8. The van der Waals surface area contributed by atoms with Gasteiger partial charge in [-0.1, -0.05) is 6.92 Å². The topological polar surface area (TPSA) is 41.1 Å². The maximum Gasteiger partial charge on any atom is 0.234 e. The molecule has 0 unspecified atom stereocenters. The van der Waals surface area contributed by atoms with Gasteiger partial charge in [0.15, 0.2) is 0 Å². The number of carbonyl (C=O) groups is 1. The standard InChI is InChI=1S/C7H16N2O/c1-4-5-7(10)9-8-6(2)3/h6,8H,4-5H2,1-3H3,(H,9,10). The van der Waals surface area contributed by atoms with E-state index in [1.807, 2.05) is 20.8 Å². The zero-order valence-electron chi connectivity index (χ0n) is 6.90. The largest absolute Gasteiger partial charge is 0.291 e. The van der Waals surface area contributed by atoms with Crippen LogP contribution in [0.3, 0.4) is 0 Å². The van der Waals surface area contributed by atoms with E-state index in [2.05, 4.69) is 10.9 Å². The molecule has 0 aromatic carbocycles. The van der Waals surface area contributed by atoms with Crippen LogP contribution in [0.5, 0.6) is 0 Å². The van der Waals surface area contributed by atoms with Crippen molar-refractivity contribution >= 4 is 5.91 Å². The van der Waals surface area contributed by atoms with E-state index in [1.165, 1.54) is 0 Å². The fraction of sp³-hybridized carbons (Fsp3) is 0.857. The summed E-state index contributed by atoms with van der Waals surface area (Å²) >= 11 is 0. The van der Waals surface area contributed by atoms with Crippen molar-refractivity contribution in [3.8, 4) is 0 Å². The summed E-state index contributed by atoms with van der Waals surface area (Å²) in [7, 11) is 0. The van der Waals surface area contributed by atoms with Gasteiger partial charge in [-0.15, -0.1) is 0 Å². The van der Waals surface area contributed by atoms with E-state index in [0.717, 1.165) is 6.42 Å². The Morgan fingerprint density at radius 3 is 2.50 bits per heavy atom. The number of amides is 1. The molecule has 0 radical (unpaired) electrons. The predicted molar refractivity (Wildman–Crippen MR) is 41.3 cm³/mol. The van der Waals surface area contributed by atoms with Crippen molar-refractivity contribution in [3.05, 3.63) is 0 Å². The summed E-state index contributed by atoms with van der Waals surface area (Å²) in [6, 6.07) is 0.306. The third-order valence-electron chi connectivity index (χ3n) is 0.977. The Hall–Kier alpha value is -0.570. The van der Waals surface area contributed by atoms with Crippen molar-refractivity contribution < 1.29 is 4.79 Å². The van der Waals surface area contributed by atoms with Crippen LogP contribution in [0.4, 0.5) is 0 Å². The Kier molecular flexibility index (Phi) is 4.94. The highest BCUT2D eigenvalue weighted by Gasteiger charge is 1.97. The molecular formula is C7H16N2O. The lowest BCUT2D eigenvalue weighted by molar-refractivity contribution is -0.122. The molecule has 3 nitrogen and oxygen atoms in total. The van der Waals surface area contributed by atoms with Gasteiger partial charge < -0.3 is 0 Å². The molecule has 60 valence electrons. The Morgan fingerprint density at radius 1 is 1.50 bits per heavy atom. The normalized spacial score (nSPS) is 10.0. The molecule has 0 aromatic rings. The van der Waals surface area contributed by atoms with Crippen LogP contribution in [0.2, 0.25) is 0 Å². The second-order valence-electron chi connectivity index (χ2n) is 2.60. The minimum absolute atomic E-state index is 0.0659. The van der Waals surface area contributed by atoms with Gasteiger partial charge in [0.25, 0.3) is 0 Å². The van der Waals surface area contributed by atoms with Crippen molar-refractivity contribution in [2.24, 2.45) is 0 Å². The van der Waals surface area contributed by atoms with Crippen LogP contribution in [0.15, 0.2) is 0 Å². The number of hydrazine groups is 1. The van der Waals surface area contributed by atoms with E-state index >= 15 is 0 Å². The fourth-order valence-electron chi connectivity index (χ4n) is 0.514. The molecule has 0 saturated heterocycles. The van der Waals surface area contributed by atoms with Crippen LogP contribution < -0.4 is 10.9 Å². The van der Waals surface area contributed by atoms with Gasteiger partial charge in [0.05, 0.1) is 0 Å². The molecule has 0 atom stereocenters. The minimum Gasteiger partial charge on any atom is -0.291 e. The molecule has 0 heterocycles. The van der Waals surface area contributed by atoms with Crippen molar-refractivity contribution in [1.29, 1.82) is 0 Å². The summed E-state index contributed by atoms with van der Waals surface area (Å²) in [4.78, 5) is 10.8. The Morgan fingerprint density at radius 2 is 2.10 bits per heavy atom. The summed E-state index contributed by atoms with van der Waals surface area (Å²) in [6.07, 6.45) is 1.49. The minimum atomic E-state index is 0.0659. The van der Waals surface area contributed by atoms with E-state index in [9.17, 15) is 4.79 Å². The second-order valence-corrected chi connectivity index (χ2v) is 2.60. The Labute approximate surface area is 62.2 Å². The van der Waals surface area contributed by atoms with Gasteiger partial charge >= 0.3 is 0 Å². The van der Waals surface area contributed by atoms with Gasteiger partial charge in [-0.3, -0.25) is 10.2 Å². The third kappa shape index (κ3) is 5.56. The lowest BCUT2D eigenvalue weighted by atomic mass is 10.3. The van der Waals surface area contributed by atoms with Gasteiger partial charge in [0.1, 0.15) is 0 Å². The maximum atomic E-state index is 10.8. The van der Waals surface area contributed by atoms with Gasteiger partial charge in [-0.05, 0) is 20.3 Å². The molecule has 3 heteroatoms. The summed E-state index contributed by atoms with van der Waals surface area (Å²) in [6.45, 7) is 5.94. The quantitative estimate of drug-likeness (QED) is 0.573. The van der Waals surface area contributed by atoms with E-state index in [4.69, 9.17) is 0 Å². The number of nitrogens with one attached hydrogen (secondary N) is 2. The van der Waals surface area contributed by atoms with Crippen LogP contribution in [-0.4, -0.2) is 11.9 Å². The number of hydrogen-bond acceptors (Lipinski definition) is 2. The van der Waals surface area contributed by atoms with Crippen LogP contribution in [0.25, 0.3) is 0 Å². The zero-order valence-corrected chi connectivity index (χ0v) is 6.90. The van der Waals surface area contributed by atoms with Crippen LogP contribution in [-0.2, 0) is 4.79 Å². The first-order valence-corrected chi connectivity index (χ1v) is 3.71. The fourth-order valence-corrected chi connectivity index (χ4v) is 0.514. The van der Waals surface area contributed by atoms with Crippen LogP contribution in [0, 0.1) is 0 Å². The predicted octanol–water partition coefficient (Wildman–Crippen LogP) is 0.816. The molecule has 0 aliphatic rings. The van der Waals surface area contributed by atoms with Crippen molar-refractivity contribution in [3.63, 3.8) is 0 Å². The van der Waals surface area contributed by atoms with E-state index in [0.29, 0.717) is 12.5 Å². The Bertz CT molecular complexity index is 102. The number of rotatable bonds is 4. The molecule has 1 amide bonds. The van der Waals surface area contributed by atoms with E-state index < -0.39 is 0 Å². The molecule has 0 spiro atoms. The second kappa shape index (κ2) is 5.23. The average molecular weight is 144 g/mol. The molecule has 0 saturated carbocycles. The molecule has 2 N–H and O–H groups in total. The van der Waals surface area contributed by atoms with Gasteiger partial charge in [0.2, 0.25) is 5.91 Å². The number of hydrogen-bond donors (Lipinski definition) is 2. The van der Waals surface area contributed by atoms with Gasteiger partial charge in [-0.2, -0.15) is 0 Å². The van der Waals surface area contributed by atoms with Crippen molar-refractivity contribution in [2.45, 2.75) is 39.7 Å². The van der Waals surface area contributed by atoms with Crippen molar-refractivity contribution in [2.75, 3.05) is 0 Å². The first-order valence-electron chi connectivity index (χ1n) is 3.71. The van der Waals surface area contributed by atoms with Crippen LogP contribution >= 0.6 is 0 Å². The van der Waals surface area contributed by atoms with E-state index in [-0.39, 0.29) is 5.91 Å². The molecule has 0 fully saturated rings. The van der Waals surface area contributed by atoms with E-state index in [1.54, 1.807) is 0 Å². The summed E-state index contributed by atoms with van der Waals surface area (Å²) in [5, 5.41) is 0. The average Bonchev–Trinajstić information content (AvgIpc) is 1.85. The number of carbonyl (C=O) groups excluding carboxylic acids is 1. The first kappa shape index (κ1) is 9.43. The SMILES string of the molecule is CCCC(=O)NNC(C)C. The summed E-state index contributed by atoms with van der Waals surface area (Å²) < 4.78 is 0. The molecule has 0 aliphatic heterocycles. The molecule has 0 bridgehead atoms. The van der Waals surface area contributed by atoms with Crippen LogP contribution in [0.1, 0.15) is 33.6 Å². The highest BCUT2D eigenvalue weighted by atomic mass is 16.2. The zero-order chi connectivity index (χ0) is 7.98.